The third-order valence-electron chi connectivity index (χ3n) is 5.35. The van der Waals surface area contributed by atoms with Crippen LogP contribution in [0, 0.1) is 24.0 Å². The zero-order valence-corrected chi connectivity index (χ0v) is 18.0. The fourth-order valence-corrected chi connectivity index (χ4v) is 5.49. The minimum atomic E-state index is -3.97. The first kappa shape index (κ1) is 20.9. The monoisotopic (exact) mass is 442 g/mol. The maximum absolute atomic E-state index is 13.1. The molecule has 1 fully saturated rings. The molecule has 1 aliphatic rings. The standard InChI is InChI=1S/C20H22N6O4S/c1-15-20(16(2)25(22-15)19-9-5-6-10-21-19)23-11-13-24(14-12-23)31(29,30)18-8-4-3-7-17(18)26(27)28/h3-10H,11-14H2,1-2H3. The van der Waals surface area contributed by atoms with Crippen LogP contribution in [-0.4, -0.2) is 58.6 Å². The number of pyridine rings is 1. The number of para-hydroxylation sites is 1. The van der Waals surface area contributed by atoms with Crippen LogP contribution in [0.2, 0.25) is 0 Å². The van der Waals surface area contributed by atoms with Crippen molar-refractivity contribution in [3.8, 4) is 5.82 Å². The highest BCUT2D eigenvalue weighted by molar-refractivity contribution is 7.89. The topological polar surface area (TPSA) is 114 Å². The number of piperazine rings is 1. The van der Waals surface area contributed by atoms with Crippen LogP contribution < -0.4 is 4.90 Å². The molecular formula is C20H22N6O4S. The number of nitro groups is 1. The number of anilines is 1. The molecule has 3 heterocycles. The second kappa shape index (κ2) is 8.08. The average Bonchev–Trinajstić information content (AvgIpc) is 3.08. The number of nitro benzene ring substituents is 1. The van der Waals surface area contributed by atoms with E-state index < -0.39 is 20.6 Å². The molecule has 0 spiro atoms. The zero-order chi connectivity index (χ0) is 22.2. The molecule has 0 atom stereocenters. The SMILES string of the molecule is Cc1nn(-c2ccccn2)c(C)c1N1CCN(S(=O)(=O)c2ccccc2[N+](=O)[O-])CC1. The molecular weight excluding hydrogens is 420 g/mol. The first-order chi connectivity index (χ1) is 14.8. The Kier molecular flexibility index (Phi) is 5.46. The molecule has 0 unspecified atom stereocenters. The number of aromatic nitrogens is 3. The molecule has 10 nitrogen and oxygen atoms in total. The van der Waals surface area contributed by atoms with E-state index in [9.17, 15) is 18.5 Å². The van der Waals surface area contributed by atoms with Gasteiger partial charge < -0.3 is 4.90 Å². The molecule has 11 heteroatoms. The molecule has 1 aromatic carbocycles. The number of nitrogens with zero attached hydrogens (tertiary/aromatic N) is 6. The molecule has 2 aromatic heterocycles. The summed E-state index contributed by atoms with van der Waals surface area (Å²) in [7, 11) is -3.97. The molecule has 4 rings (SSSR count). The summed E-state index contributed by atoms with van der Waals surface area (Å²) >= 11 is 0. The van der Waals surface area contributed by atoms with Gasteiger partial charge >= 0.3 is 0 Å². The van der Waals surface area contributed by atoms with Crippen molar-refractivity contribution < 1.29 is 13.3 Å². The lowest BCUT2D eigenvalue weighted by atomic mass is 10.2. The van der Waals surface area contributed by atoms with Gasteiger partial charge in [0.1, 0.15) is 0 Å². The van der Waals surface area contributed by atoms with Gasteiger partial charge in [-0.25, -0.2) is 18.1 Å². The fourth-order valence-electron chi connectivity index (χ4n) is 3.91. The zero-order valence-electron chi connectivity index (χ0n) is 17.2. The van der Waals surface area contributed by atoms with Gasteiger partial charge in [-0.05, 0) is 32.0 Å². The number of benzene rings is 1. The number of sulfonamides is 1. The predicted molar refractivity (Wildman–Crippen MR) is 115 cm³/mol. The van der Waals surface area contributed by atoms with Gasteiger partial charge in [-0.2, -0.15) is 9.40 Å². The summed E-state index contributed by atoms with van der Waals surface area (Å²) in [4.78, 5) is 16.8. The van der Waals surface area contributed by atoms with E-state index in [4.69, 9.17) is 0 Å². The van der Waals surface area contributed by atoms with Gasteiger partial charge in [0.25, 0.3) is 5.69 Å². The van der Waals surface area contributed by atoms with Crippen LogP contribution in [0.15, 0.2) is 53.6 Å². The number of aryl methyl sites for hydroxylation is 1. The summed E-state index contributed by atoms with van der Waals surface area (Å²) in [6.07, 6.45) is 1.71. The van der Waals surface area contributed by atoms with Crippen molar-refractivity contribution in [2.24, 2.45) is 0 Å². The minimum Gasteiger partial charge on any atom is -0.366 e. The molecule has 162 valence electrons. The lowest BCUT2D eigenvalue weighted by molar-refractivity contribution is -0.387. The normalized spacial score (nSPS) is 15.2. The maximum atomic E-state index is 13.1. The van der Waals surface area contributed by atoms with E-state index in [1.165, 1.54) is 28.6 Å². The summed E-state index contributed by atoms with van der Waals surface area (Å²) in [6.45, 7) is 5.23. The molecule has 1 aliphatic heterocycles. The van der Waals surface area contributed by atoms with Crippen molar-refractivity contribution in [2.75, 3.05) is 31.1 Å². The molecule has 0 radical (unpaired) electrons. The third-order valence-corrected chi connectivity index (χ3v) is 7.30. The van der Waals surface area contributed by atoms with Crippen molar-refractivity contribution in [2.45, 2.75) is 18.7 Å². The molecule has 0 amide bonds. The Bertz CT molecular complexity index is 1220. The van der Waals surface area contributed by atoms with Crippen LogP contribution in [0.5, 0.6) is 0 Å². The van der Waals surface area contributed by atoms with Crippen molar-refractivity contribution in [1.29, 1.82) is 0 Å². The van der Waals surface area contributed by atoms with Gasteiger partial charge in [0.15, 0.2) is 10.7 Å². The number of rotatable bonds is 5. The van der Waals surface area contributed by atoms with Crippen molar-refractivity contribution in [3.05, 3.63) is 70.2 Å². The highest BCUT2D eigenvalue weighted by Gasteiger charge is 2.34. The van der Waals surface area contributed by atoms with Crippen LogP contribution in [0.4, 0.5) is 11.4 Å². The summed E-state index contributed by atoms with van der Waals surface area (Å²) in [6, 6.07) is 11.1. The Morgan fingerprint density at radius 2 is 1.68 bits per heavy atom. The Hall–Kier alpha value is -3.31. The fraction of sp³-hybridized carbons (Fsp3) is 0.300. The van der Waals surface area contributed by atoms with Crippen LogP contribution in [-0.2, 0) is 10.0 Å². The Labute approximate surface area is 179 Å². The van der Waals surface area contributed by atoms with E-state index in [0.29, 0.717) is 18.9 Å². The largest absolute Gasteiger partial charge is 0.366 e. The molecule has 3 aromatic rings. The first-order valence-corrected chi connectivity index (χ1v) is 11.2. The molecule has 0 N–H and O–H groups in total. The second-order valence-electron chi connectivity index (χ2n) is 7.24. The van der Waals surface area contributed by atoms with Gasteiger partial charge in [0, 0.05) is 38.4 Å². The van der Waals surface area contributed by atoms with Crippen molar-refractivity contribution in [3.63, 3.8) is 0 Å². The van der Waals surface area contributed by atoms with Crippen LogP contribution in [0.25, 0.3) is 5.82 Å². The second-order valence-corrected chi connectivity index (χ2v) is 9.14. The Morgan fingerprint density at radius 1 is 1.00 bits per heavy atom. The van der Waals surface area contributed by atoms with Crippen LogP contribution in [0.1, 0.15) is 11.4 Å². The van der Waals surface area contributed by atoms with Gasteiger partial charge in [0.2, 0.25) is 10.0 Å². The average molecular weight is 443 g/mol. The van der Waals surface area contributed by atoms with Crippen LogP contribution >= 0.6 is 0 Å². The lowest BCUT2D eigenvalue weighted by Crippen LogP contribution is -2.49. The third kappa shape index (κ3) is 3.77. The minimum absolute atomic E-state index is 0.224. The summed E-state index contributed by atoms with van der Waals surface area (Å²) in [5.41, 5.74) is 2.30. The summed E-state index contributed by atoms with van der Waals surface area (Å²) in [5, 5.41) is 15.9. The molecule has 0 saturated carbocycles. The van der Waals surface area contributed by atoms with Crippen molar-refractivity contribution >= 4 is 21.4 Å². The summed E-state index contributed by atoms with van der Waals surface area (Å²) < 4.78 is 29.2. The van der Waals surface area contributed by atoms with E-state index in [-0.39, 0.29) is 18.0 Å². The Balaban J connectivity index is 1.56. The predicted octanol–water partition coefficient (Wildman–Crippen LogP) is 2.30. The molecule has 0 bridgehead atoms. The van der Waals surface area contributed by atoms with Gasteiger partial charge in [-0.3, -0.25) is 10.1 Å². The number of hydrogen-bond acceptors (Lipinski definition) is 7. The maximum Gasteiger partial charge on any atom is 0.289 e. The van der Waals surface area contributed by atoms with E-state index >= 15 is 0 Å². The van der Waals surface area contributed by atoms with E-state index in [1.807, 2.05) is 32.0 Å². The quantitative estimate of drug-likeness (QED) is 0.440. The number of hydrogen-bond donors (Lipinski definition) is 0. The molecule has 1 saturated heterocycles. The van der Waals surface area contributed by atoms with Gasteiger partial charge in [0.05, 0.1) is 22.0 Å². The molecule has 0 aliphatic carbocycles. The first-order valence-electron chi connectivity index (χ1n) is 9.77. The highest BCUT2D eigenvalue weighted by atomic mass is 32.2. The highest BCUT2D eigenvalue weighted by Crippen LogP contribution is 2.30. The van der Waals surface area contributed by atoms with Crippen LogP contribution in [0.3, 0.4) is 0 Å². The van der Waals surface area contributed by atoms with Gasteiger partial charge in [-0.1, -0.05) is 18.2 Å². The van der Waals surface area contributed by atoms with Gasteiger partial charge in [-0.15, -0.1) is 0 Å². The van der Waals surface area contributed by atoms with E-state index in [1.54, 1.807) is 10.9 Å². The van der Waals surface area contributed by atoms with E-state index in [0.717, 1.165) is 17.1 Å². The lowest BCUT2D eigenvalue weighted by Gasteiger charge is -2.35. The Morgan fingerprint density at radius 3 is 2.32 bits per heavy atom. The van der Waals surface area contributed by atoms with Crippen molar-refractivity contribution in [1.82, 2.24) is 19.1 Å². The molecule has 31 heavy (non-hydrogen) atoms. The summed E-state index contributed by atoms with van der Waals surface area (Å²) in [5.74, 6) is 0.715. The van der Waals surface area contributed by atoms with E-state index in [2.05, 4.69) is 15.0 Å². The smallest absolute Gasteiger partial charge is 0.289 e.